The predicted molar refractivity (Wildman–Crippen MR) is 68.9 cm³/mol. The van der Waals surface area contributed by atoms with Crippen LogP contribution in [-0.4, -0.2) is 20.2 Å². The SMILES string of the molecule is Cc1cc(C(=O)Nc2ncc3c(n2)CCC3)ns1. The maximum Gasteiger partial charge on any atom is 0.277 e. The average Bonchev–Trinajstić information content (AvgIpc) is 2.96. The number of aromatic nitrogens is 3. The highest BCUT2D eigenvalue weighted by Gasteiger charge is 2.16. The van der Waals surface area contributed by atoms with E-state index in [1.54, 1.807) is 12.3 Å². The zero-order chi connectivity index (χ0) is 12.5. The second kappa shape index (κ2) is 4.45. The molecule has 6 heteroatoms. The van der Waals surface area contributed by atoms with Crippen molar-refractivity contribution in [2.24, 2.45) is 0 Å². The van der Waals surface area contributed by atoms with Gasteiger partial charge in [-0.3, -0.25) is 10.1 Å². The number of anilines is 1. The molecule has 0 radical (unpaired) electrons. The molecule has 0 saturated carbocycles. The minimum absolute atomic E-state index is 0.253. The van der Waals surface area contributed by atoms with Gasteiger partial charge in [-0.2, -0.15) is 4.37 Å². The Labute approximate surface area is 108 Å². The molecule has 18 heavy (non-hydrogen) atoms. The third-order valence-electron chi connectivity index (χ3n) is 2.90. The number of hydrogen-bond acceptors (Lipinski definition) is 5. The minimum Gasteiger partial charge on any atom is -0.289 e. The average molecular weight is 260 g/mol. The van der Waals surface area contributed by atoms with E-state index in [0.29, 0.717) is 11.6 Å². The molecule has 0 bridgehead atoms. The Morgan fingerprint density at radius 2 is 2.33 bits per heavy atom. The number of fused-ring (bicyclic) bond motifs is 1. The Morgan fingerprint density at radius 1 is 1.44 bits per heavy atom. The van der Waals surface area contributed by atoms with E-state index in [0.717, 1.165) is 29.8 Å². The molecule has 2 aromatic heterocycles. The number of carbonyl (C=O) groups is 1. The molecular weight excluding hydrogens is 248 g/mol. The van der Waals surface area contributed by atoms with Crippen LogP contribution >= 0.6 is 11.5 Å². The van der Waals surface area contributed by atoms with Crippen LogP contribution in [0.3, 0.4) is 0 Å². The number of amides is 1. The molecule has 1 N–H and O–H groups in total. The van der Waals surface area contributed by atoms with Crippen molar-refractivity contribution in [2.75, 3.05) is 5.32 Å². The Bertz CT molecular complexity index is 608. The molecule has 92 valence electrons. The molecule has 1 aliphatic rings. The summed E-state index contributed by atoms with van der Waals surface area (Å²) in [5, 5.41) is 2.68. The summed E-state index contributed by atoms with van der Waals surface area (Å²) in [7, 11) is 0. The van der Waals surface area contributed by atoms with Crippen molar-refractivity contribution >= 4 is 23.4 Å². The summed E-state index contributed by atoms with van der Waals surface area (Å²) in [5.74, 6) is 0.114. The summed E-state index contributed by atoms with van der Waals surface area (Å²) in [6.07, 6.45) is 4.93. The van der Waals surface area contributed by atoms with Crippen molar-refractivity contribution in [1.82, 2.24) is 14.3 Å². The van der Waals surface area contributed by atoms with Gasteiger partial charge in [0.25, 0.3) is 5.91 Å². The smallest absolute Gasteiger partial charge is 0.277 e. The van der Waals surface area contributed by atoms with E-state index >= 15 is 0 Å². The molecule has 0 atom stereocenters. The molecule has 2 aromatic rings. The van der Waals surface area contributed by atoms with Crippen LogP contribution in [0.25, 0.3) is 0 Å². The van der Waals surface area contributed by atoms with Crippen molar-refractivity contribution in [3.8, 4) is 0 Å². The third kappa shape index (κ3) is 2.11. The summed E-state index contributed by atoms with van der Waals surface area (Å²) in [6, 6.07) is 1.76. The fourth-order valence-electron chi connectivity index (χ4n) is 2.01. The van der Waals surface area contributed by atoms with E-state index in [1.165, 1.54) is 17.1 Å². The lowest BCUT2D eigenvalue weighted by molar-refractivity contribution is 0.102. The summed E-state index contributed by atoms with van der Waals surface area (Å²) in [4.78, 5) is 21.4. The lowest BCUT2D eigenvalue weighted by Gasteiger charge is -2.03. The van der Waals surface area contributed by atoms with Gasteiger partial charge >= 0.3 is 0 Å². The monoisotopic (exact) mass is 260 g/mol. The Hall–Kier alpha value is -1.82. The first-order chi connectivity index (χ1) is 8.72. The molecule has 1 aliphatic carbocycles. The summed E-state index contributed by atoms with van der Waals surface area (Å²) >= 11 is 1.31. The van der Waals surface area contributed by atoms with Crippen LogP contribution in [0.15, 0.2) is 12.3 Å². The second-order valence-corrected chi connectivity index (χ2v) is 5.31. The van der Waals surface area contributed by atoms with Crippen LogP contribution in [0.1, 0.15) is 33.0 Å². The minimum atomic E-state index is -0.253. The van der Waals surface area contributed by atoms with E-state index in [4.69, 9.17) is 0 Å². The van der Waals surface area contributed by atoms with E-state index in [2.05, 4.69) is 19.7 Å². The maximum atomic E-state index is 11.9. The molecule has 5 nitrogen and oxygen atoms in total. The molecule has 0 aliphatic heterocycles. The molecule has 0 spiro atoms. The van der Waals surface area contributed by atoms with Gasteiger partial charge in [0.2, 0.25) is 5.95 Å². The van der Waals surface area contributed by atoms with Gasteiger partial charge in [-0.25, -0.2) is 9.97 Å². The van der Waals surface area contributed by atoms with Crippen molar-refractivity contribution in [3.05, 3.63) is 34.1 Å². The van der Waals surface area contributed by atoms with Crippen molar-refractivity contribution in [3.63, 3.8) is 0 Å². The van der Waals surface area contributed by atoms with Gasteiger partial charge in [-0.05, 0) is 49.3 Å². The molecule has 2 heterocycles. The van der Waals surface area contributed by atoms with Gasteiger partial charge in [0, 0.05) is 16.8 Å². The van der Waals surface area contributed by atoms with Crippen molar-refractivity contribution < 1.29 is 4.79 Å². The fraction of sp³-hybridized carbons (Fsp3) is 0.333. The zero-order valence-electron chi connectivity index (χ0n) is 9.93. The number of carbonyl (C=O) groups excluding carboxylic acids is 1. The van der Waals surface area contributed by atoms with E-state index in [9.17, 15) is 4.79 Å². The van der Waals surface area contributed by atoms with Gasteiger partial charge < -0.3 is 0 Å². The first-order valence-corrected chi connectivity index (χ1v) is 6.59. The molecule has 3 rings (SSSR count). The molecule has 1 amide bonds. The summed E-state index contributed by atoms with van der Waals surface area (Å²) < 4.78 is 4.06. The first kappa shape index (κ1) is 11.3. The maximum absolute atomic E-state index is 11.9. The van der Waals surface area contributed by atoms with Gasteiger partial charge in [0.1, 0.15) is 5.69 Å². The highest BCUT2D eigenvalue weighted by molar-refractivity contribution is 7.05. The molecular formula is C12H12N4OS. The Morgan fingerprint density at radius 3 is 3.11 bits per heavy atom. The molecule has 0 fully saturated rings. The second-order valence-electron chi connectivity index (χ2n) is 4.30. The number of hydrogen-bond donors (Lipinski definition) is 1. The van der Waals surface area contributed by atoms with Crippen LogP contribution in [0.5, 0.6) is 0 Å². The standard InChI is InChI=1S/C12H12N4OS/c1-7-5-10(16-18-7)11(17)15-12-13-6-8-3-2-4-9(8)14-12/h5-6H,2-4H2,1H3,(H,13,14,15,17). The van der Waals surface area contributed by atoms with Crippen LogP contribution in [0.2, 0.25) is 0 Å². The Kier molecular flexibility index (Phi) is 2.79. The van der Waals surface area contributed by atoms with Crippen LogP contribution in [-0.2, 0) is 12.8 Å². The predicted octanol–water partition coefficient (Wildman–Crippen LogP) is 1.98. The molecule has 0 aromatic carbocycles. The van der Waals surface area contributed by atoms with Gasteiger partial charge in [-0.15, -0.1) is 0 Å². The van der Waals surface area contributed by atoms with Crippen molar-refractivity contribution in [2.45, 2.75) is 26.2 Å². The number of rotatable bonds is 2. The van der Waals surface area contributed by atoms with Gasteiger partial charge in [-0.1, -0.05) is 0 Å². The third-order valence-corrected chi connectivity index (χ3v) is 3.59. The first-order valence-electron chi connectivity index (χ1n) is 5.82. The van der Waals surface area contributed by atoms with Crippen LogP contribution < -0.4 is 5.32 Å². The quantitative estimate of drug-likeness (QED) is 0.896. The van der Waals surface area contributed by atoms with Crippen LogP contribution in [0, 0.1) is 6.92 Å². The summed E-state index contributed by atoms with van der Waals surface area (Å²) in [6.45, 7) is 1.92. The fourth-order valence-corrected chi connectivity index (χ4v) is 2.56. The number of aryl methyl sites for hydroxylation is 3. The van der Waals surface area contributed by atoms with E-state index in [1.807, 2.05) is 6.92 Å². The van der Waals surface area contributed by atoms with E-state index in [-0.39, 0.29) is 5.91 Å². The largest absolute Gasteiger partial charge is 0.289 e. The topological polar surface area (TPSA) is 67.8 Å². The zero-order valence-corrected chi connectivity index (χ0v) is 10.8. The highest BCUT2D eigenvalue weighted by atomic mass is 32.1. The Balaban J connectivity index is 1.78. The van der Waals surface area contributed by atoms with Crippen LogP contribution in [0.4, 0.5) is 5.95 Å². The molecule has 0 unspecified atom stereocenters. The van der Waals surface area contributed by atoms with Gasteiger partial charge in [0.15, 0.2) is 0 Å². The summed E-state index contributed by atoms with van der Waals surface area (Å²) in [5.41, 5.74) is 2.66. The highest BCUT2D eigenvalue weighted by Crippen LogP contribution is 2.20. The molecule has 0 saturated heterocycles. The van der Waals surface area contributed by atoms with Gasteiger partial charge in [0.05, 0.1) is 0 Å². The lowest BCUT2D eigenvalue weighted by Crippen LogP contribution is -2.15. The number of nitrogens with one attached hydrogen (secondary N) is 1. The van der Waals surface area contributed by atoms with Crippen molar-refractivity contribution in [1.29, 1.82) is 0 Å². The lowest BCUT2D eigenvalue weighted by atomic mass is 10.3. The number of nitrogens with zero attached hydrogens (tertiary/aromatic N) is 3. The normalized spacial score (nSPS) is 13.4. The van der Waals surface area contributed by atoms with E-state index < -0.39 is 0 Å².